The van der Waals surface area contributed by atoms with E-state index in [-0.39, 0.29) is 17.4 Å². The fraction of sp³-hybridized carbons (Fsp3) is 0.0526. The Morgan fingerprint density at radius 2 is 2.00 bits per heavy atom. The van der Waals surface area contributed by atoms with Gasteiger partial charge in [-0.15, -0.1) is 0 Å². The van der Waals surface area contributed by atoms with Gasteiger partial charge in [0.15, 0.2) is 0 Å². The molecule has 0 aliphatic rings. The summed E-state index contributed by atoms with van der Waals surface area (Å²) in [5, 5.41) is 15.5. The molecule has 4 aromatic rings. The van der Waals surface area contributed by atoms with Crippen LogP contribution < -0.4 is 10.1 Å². The molecule has 0 bridgehead atoms. The number of nitrogens with one attached hydrogen (secondary N) is 1. The number of nitro groups is 1. The van der Waals surface area contributed by atoms with Gasteiger partial charge in [0.05, 0.1) is 16.6 Å². The van der Waals surface area contributed by atoms with E-state index < -0.39 is 4.92 Å². The van der Waals surface area contributed by atoms with E-state index in [1.165, 1.54) is 12.5 Å². The van der Waals surface area contributed by atoms with E-state index in [0.717, 1.165) is 16.6 Å². The van der Waals surface area contributed by atoms with Crippen LogP contribution >= 0.6 is 0 Å². The summed E-state index contributed by atoms with van der Waals surface area (Å²) >= 11 is 0. The smallest absolute Gasteiger partial charge is 0.373 e. The molecule has 9 nitrogen and oxygen atoms in total. The van der Waals surface area contributed by atoms with Gasteiger partial charge in [-0.1, -0.05) is 6.07 Å². The average Bonchev–Trinajstić information content (AvgIpc) is 2.68. The molecule has 1 N–H and O–H groups in total. The Hall–Kier alpha value is -4.14. The molecule has 0 aliphatic heterocycles. The van der Waals surface area contributed by atoms with Crippen LogP contribution in [0.15, 0.2) is 61.2 Å². The van der Waals surface area contributed by atoms with Gasteiger partial charge in [-0.2, -0.15) is 4.98 Å². The number of benzene rings is 1. The zero-order chi connectivity index (χ0) is 19.5. The van der Waals surface area contributed by atoms with E-state index in [9.17, 15) is 10.1 Å². The minimum atomic E-state index is -0.582. The number of rotatable bonds is 5. The molecular formula is C19H14N6O3. The fourth-order valence-corrected chi connectivity index (χ4v) is 2.71. The van der Waals surface area contributed by atoms with Gasteiger partial charge in [-0.25, -0.2) is 4.98 Å². The highest BCUT2D eigenvalue weighted by atomic mass is 16.6. The summed E-state index contributed by atoms with van der Waals surface area (Å²) < 4.78 is 5.54. The van der Waals surface area contributed by atoms with E-state index in [4.69, 9.17) is 4.74 Å². The van der Waals surface area contributed by atoms with Gasteiger partial charge >= 0.3 is 11.6 Å². The van der Waals surface area contributed by atoms with Gasteiger partial charge < -0.3 is 10.1 Å². The van der Waals surface area contributed by atoms with Crippen molar-refractivity contribution in [2.75, 3.05) is 5.32 Å². The van der Waals surface area contributed by atoms with Gasteiger partial charge in [-0.3, -0.25) is 20.1 Å². The number of nitrogens with zero attached hydrogens (tertiary/aromatic N) is 5. The Morgan fingerprint density at radius 1 is 1.11 bits per heavy atom. The van der Waals surface area contributed by atoms with E-state index in [1.807, 2.05) is 31.2 Å². The summed E-state index contributed by atoms with van der Waals surface area (Å²) in [7, 11) is 0. The van der Waals surface area contributed by atoms with Gasteiger partial charge in [0, 0.05) is 23.0 Å². The molecule has 0 unspecified atom stereocenters. The third-order valence-corrected chi connectivity index (χ3v) is 3.94. The van der Waals surface area contributed by atoms with Crippen LogP contribution in [-0.4, -0.2) is 24.9 Å². The number of hydrogen-bond acceptors (Lipinski definition) is 8. The first-order valence-electron chi connectivity index (χ1n) is 8.32. The fourth-order valence-electron chi connectivity index (χ4n) is 2.71. The topological polar surface area (TPSA) is 116 Å². The van der Waals surface area contributed by atoms with Crippen LogP contribution in [-0.2, 0) is 0 Å². The second-order valence-corrected chi connectivity index (χ2v) is 5.87. The van der Waals surface area contributed by atoms with Crippen molar-refractivity contribution < 1.29 is 9.66 Å². The molecule has 0 saturated carbocycles. The number of ether oxygens (including phenoxy) is 1. The molecule has 1 aromatic carbocycles. The molecule has 3 heterocycles. The van der Waals surface area contributed by atoms with Crippen molar-refractivity contribution in [2.45, 2.75) is 6.92 Å². The van der Waals surface area contributed by atoms with Crippen molar-refractivity contribution in [1.82, 2.24) is 19.9 Å². The van der Waals surface area contributed by atoms with Crippen molar-refractivity contribution >= 4 is 28.1 Å². The van der Waals surface area contributed by atoms with E-state index in [1.54, 1.807) is 24.4 Å². The molecule has 4 rings (SSSR count). The SMILES string of the molecule is Cc1ccc2c(Nc3ncnc(Oc4cccnc4)c3[N+](=O)[O-])cccc2n1. The Labute approximate surface area is 159 Å². The standard InChI is InChI=1S/C19H14N6O3/c1-12-7-8-14-15(23-12)5-2-6-16(14)24-18-17(25(26)27)19(22-11-21-18)28-13-4-3-9-20-10-13/h2-11H,1H3,(H,21,22,24). The maximum Gasteiger partial charge on any atom is 0.373 e. The molecule has 0 aliphatic carbocycles. The van der Waals surface area contributed by atoms with Crippen molar-refractivity contribution in [2.24, 2.45) is 0 Å². The molecule has 138 valence electrons. The quantitative estimate of drug-likeness (QED) is 0.409. The number of anilines is 2. The van der Waals surface area contributed by atoms with Crippen LogP contribution in [0, 0.1) is 17.0 Å². The zero-order valence-electron chi connectivity index (χ0n) is 14.7. The number of fused-ring (bicyclic) bond motifs is 1. The number of aromatic nitrogens is 4. The lowest BCUT2D eigenvalue weighted by Gasteiger charge is -2.11. The van der Waals surface area contributed by atoms with Crippen LogP contribution in [0.2, 0.25) is 0 Å². The maximum atomic E-state index is 11.7. The van der Waals surface area contributed by atoms with Crippen LogP contribution in [0.25, 0.3) is 10.9 Å². The lowest BCUT2D eigenvalue weighted by molar-refractivity contribution is -0.385. The second kappa shape index (κ2) is 7.23. The number of hydrogen-bond donors (Lipinski definition) is 1. The second-order valence-electron chi connectivity index (χ2n) is 5.87. The summed E-state index contributed by atoms with van der Waals surface area (Å²) in [6.07, 6.45) is 4.22. The Bertz CT molecular complexity index is 1170. The lowest BCUT2D eigenvalue weighted by Crippen LogP contribution is -2.04. The summed E-state index contributed by atoms with van der Waals surface area (Å²) in [5.74, 6) is 0.178. The largest absolute Gasteiger partial charge is 0.432 e. The molecule has 0 saturated heterocycles. The Kier molecular flexibility index (Phi) is 4.47. The van der Waals surface area contributed by atoms with Gasteiger partial charge in [-0.05, 0) is 43.3 Å². The highest BCUT2D eigenvalue weighted by Crippen LogP contribution is 2.36. The highest BCUT2D eigenvalue weighted by molar-refractivity contribution is 5.93. The molecule has 0 fully saturated rings. The summed E-state index contributed by atoms with van der Waals surface area (Å²) in [6.45, 7) is 1.90. The van der Waals surface area contributed by atoms with Crippen molar-refractivity contribution in [3.05, 3.63) is 77.0 Å². The first-order valence-corrected chi connectivity index (χ1v) is 8.32. The summed E-state index contributed by atoms with van der Waals surface area (Å²) in [5.41, 5.74) is 1.92. The predicted molar refractivity (Wildman–Crippen MR) is 103 cm³/mol. The molecule has 9 heteroatoms. The third-order valence-electron chi connectivity index (χ3n) is 3.94. The molecule has 0 radical (unpaired) electrons. The average molecular weight is 374 g/mol. The van der Waals surface area contributed by atoms with Gasteiger partial charge in [0.1, 0.15) is 12.1 Å². The summed E-state index contributed by atoms with van der Waals surface area (Å²) in [6, 6.07) is 12.6. The molecule has 28 heavy (non-hydrogen) atoms. The van der Waals surface area contributed by atoms with Crippen LogP contribution in [0.4, 0.5) is 17.2 Å². The van der Waals surface area contributed by atoms with E-state index in [0.29, 0.717) is 11.4 Å². The Balaban J connectivity index is 1.76. The highest BCUT2D eigenvalue weighted by Gasteiger charge is 2.25. The van der Waals surface area contributed by atoms with Crippen molar-refractivity contribution in [3.8, 4) is 11.6 Å². The third kappa shape index (κ3) is 3.40. The molecule has 3 aromatic heterocycles. The molecule has 0 atom stereocenters. The molecule has 0 spiro atoms. The van der Waals surface area contributed by atoms with Crippen LogP contribution in [0.1, 0.15) is 5.69 Å². The summed E-state index contributed by atoms with van der Waals surface area (Å²) in [4.78, 5) is 27.5. The van der Waals surface area contributed by atoms with Gasteiger partial charge in [0.25, 0.3) is 0 Å². The first kappa shape index (κ1) is 17.3. The monoisotopic (exact) mass is 374 g/mol. The van der Waals surface area contributed by atoms with Crippen molar-refractivity contribution in [3.63, 3.8) is 0 Å². The van der Waals surface area contributed by atoms with Gasteiger partial charge in [0.2, 0.25) is 5.82 Å². The number of aryl methyl sites for hydroxylation is 1. The zero-order valence-corrected chi connectivity index (χ0v) is 14.7. The van der Waals surface area contributed by atoms with Crippen molar-refractivity contribution in [1.29, 1.82) is 0 Å². The van der Waals surface area contributed by atoms with Crippen LogP contribution in [0.5, 0.6) is 11.6 Å². The number of pyridine rings is 2. The minimum absolute atomic E-state index is 0.0203. The van der Waals surface area contributed by atoms with E-state index in [2.05, 4.69) is 25.3 Å². The first-order chi connectivity index (χ1) is 13.6. The molecule has 0 amide bonds. The molecular weight excluding hydrogens is 360 g/mol. The lowest BCUT2D eigenvalue weighted by atomic mass is 10.1. The normalized spacial score (nSPS) is 10.6. The van der Waals surface area contributed by atoms with Crippen LogP contribution in [0.3, 0.4) is 0 Å². The minimum Gasteiger partial charge on any atom is -0.432 e. The predicted octanol–water partition coefficient (Wildman–Crippen LogP) is 4.17. The Morgan fingerprint density at radius 3 is 2.79 bits per heavy atom. The maximum absolute atomic E-state index is 11.7. The van der Waals surface area contributed by atoms with E-state index >= 15 is 0 Å².